The summed E-state index contributed by atoms with van der Waals surface area (Å²) in [6.45, 7) is 1.79. The average molecular weight is 779 g/mol. The van der Waals surface area contributed by atoms with E-state index in [9.17, 15) is 18.0 Å². The summed E-state index contributed by atoms with van der Waals surface area (Å²) in [6.07, 6.45) is 1.84. The van der Waals surface area contributed by atoms with Crippen LogP contribution in [-0.2, 0) is 32.6 Å². The lowest BCUT2D eigenvalue weighted by Crippen LogP contribution is -2.53. The first-order chi connectivity index (χ1) is 21.6. The van der Waals surface area contributed by atoms with Crippen LogP contribution in [0.5, 0.6) is 0 Å². The van der Waals surface area contributed by atoms with Crippen LogP contribution in [-0.4, -0.2) is 44.3 Å². The van der Waals surface area contributed by atoms with Crippen molar-refractivity contribution >= 4 is 73.3 Å². The van der Waals surface area contributed by atoms with E-state index in [0.717, 1.165) is 26.3 Å². The molecule has 0 bridgehead atoms. The van der Waals surface area contributed by atoms with Gasteiger partial charge in [0.2, 0.25) is 11.8 Å². The Morgan fingerprint density at radius 1 is 0.844 bits per heavy atom. The number of nitrogens with one attached hydrogen (secondary N) is 1. The lowest BCUT2D eigenvalue weighted by molar-refractivity contribution is -0.140. The number of halogens is 3. The lowest BCUT2D eigenvalue weighted by atomic mass is 10.0. The number of carbonyl (C=O) groups is 2. The minimum atomic E-state index is -4.18. The lowest BCUT2D eigenvalue weighted by Gasteiger charge is -2.34. The molecule has 0 aliphatic heterocycles. The molecule has 0 heterocycles. The summed E-state index contributed by atoms with van der Waals surface area (Å²) < 4.78 is 30.1. The second kappa shape index (κ2) is 16.4. The Balaban J connectivity index is 1.81. The standard InChI is InChI=1S/C34H34Cl2IN3O4S/c1-2-3-21-38-34(42)32(22-25-11-6-4-7-12-25)39(23-29-30(35)15-10-16-31(29)36)33(41)24-40(27-19-17-26(37)18-20-27)45(43,44)28-13-8-5-9-14-28/h4-20,32H,2-3,21-24H2,1H3,(H,38,42)/t32-/m0/s1. The van der Waals surface area contributed by atoms with Gasteiger partial charge in [-0.05, 0) is 83.1 Å². The van der Waals surface area contributed by atoms with E-state index in [0.29, 0.717) is 27.8 Å². The summed E-state index contributed by atoms with van der Waals surface area (Å²) in [6, 6.07) is 28.2. The van der Waals surface area contributed by atoms with Gasteiger partial charge in [0.1, 0.15) is 12.6 Å². The second-order valence-electron chi connectivity index (χ2n) is 10.4. The molecule has 0 spiro atoms. The first-order valence-corrected chi connectivity index (χ1v) is 17.8. The fourth-order valence-electron chi connectivity index (χ4n) is 4.77. The Kier molecular flexibility index (Phi) is 12.7. The van der Waals surface area contributed by atoms with E-state index in [1.165, 1.54) is 17.0 Å². The van der Waals surface area contributed by atoms with Crippen molar-refractivity contribution in [3.63, 3.8) is 0 Å². The molecule has 0 saturated heterocycles. The quantitative estimate of drug-likeness (QED) is 0.107. The highest BCUT2D eigenvalue weighted by molar-refractivity contribution is 14.1. The maximum atomic E-state index is 14.5. The number of amides is 2. The third kappa shape index (κ3) is 9.22. The number of unbranched alkanes of at least 4 members (excludes halogenated alkanes) is 1. The molecule has 1 atom stereocenters. The van der Waals surface area contributed by atoms with Gasteiger partial charge in [-0.3, -0.25) is 13.9 Å². The van der Waals surface area contributed by atoms with E-state index < -0.39 is 28.5 Å². The molecule has 0 unspecified atom stereocenters. The zero-order chi connectivity index (χ0) is 32.4. The SMILES string of the molecule is CCCCNC(=O)[C@H](Cc1ccccc1)N(Cc1c(Cl)cccc1Cl)C(=O)CN(c1ccc(I)cc1)S(=O)(=O)c1ccccc1. The molecule has 4 aromatic carbocycles. The van der Waals surface area contributed by atoms with Crippen LogP contribution in [0.15, 0.2) is 108 Å². The van der Waals surface area contributed by atoms with Gasteiger partial charge in [0.25, 0.3) is 10.0 Å². The van der Waals surface area contributed by atoms with Gasteiger partial charge in [-0.25, -0.2) is 8.42 Å². The van der Waals surface area contributed by atoms with Gasteiger partial charge in [-0.1, -0.05) is 91.1 Å². The molecule has 45 heavy (non-hydrogen) atoms. The molecular formula is C34H34Cl2IN3O4S. The van der Waals surface area contributed by atoms with Gasteiger partial charge >= 0.3 is 0 Å². The highest BCUT2D eigenvalue weighted by Gasteiger charge is 2.35. The van der Waals surface area contributed by atoms with Crippen LogP contribution in [0.4, 0.5) is 5.69 Å². The minimum absolute atomic E-state index is 0.0372. The van der Waals surface area contributed by atoms with Crippen molar-refractivity contribution in [3.05, 3.63) is 128 Å². The Hall–Kier alpha value is -3.12. The predicted octanol–water partition coefficient (Wildman–Crippen LogP) is 7.35. The Morgan fingerprint density at radius 2 is 1.44 bits per heavy atom. The third-order valence-electron chi connectivity index (χ3n) is 7.22. The third-order valence-corrected chi connectivity index (χ3v) is 10.4. The highest BCUT2D eigenvalue weighted by Crippen LogP contribution is 2.29. The normalized spacial score (nSPS) is 11.9. The molecule has 0 saturated carbocycles. The van der Waals surface area contributed by atoms with Crippen LogP contribution in [0, 0.1) is 3.57 Å². The number of anilines is 1. The van der Waals surface area contributed by atoms with Crippen LogP contribution < -0.4 is 9.62 Å². The van der Waals surface area contributed by atoms with Gasteiger partial charge in [-0.2, -0.15) is 0 Å². The molecular weight excluding hydrogens is 744 g/mol. The molecule has 4 rings (SSSR count). The summed E-state index contributed by atoms with van der Waals surface area (Å²) in [4.78, 5) is 29.8. The predicted molar refractivity (Wildman–Crippen MR) is 189 cm³/mol. The van der Waals surface area contributed by atoms with Crippen molar-refractivity contribution in [3.8, 4) is 0 Å². The summed E-state index contributed by atoms with van der Waals surface area (Å²) in [5, 5.41) is 3.63. The molecule has 4 aromatic rings. The highest BCUT2D eigenvalue weighted by atomic mass is 127. The first kappa shape index (κ1) is 34.7. The fourth-order valence-corrected chi connectivity index (χ4v) is 7.08. The van der Waals surface area contributed by atoms with Crippen LogP contribution in [0.2, 0.25) is 10.0 Å². The van der Waals surface area contributed by atoms with Crippen LogP contribution >= 0.6 is 45.8 Å². The number of benzene rings is 4. The summed E-state index contributed by atoms with van der Waals surface area (Å²) in [7, 11) is -4.18. The van der Waals surface area contributed by atoms with Crippen LogP contribution in [0.1, 0.15) is 30.9 Å². The molecule has 0 radical (unpaired) electrons. The van der Waals surface area contributed by atoms with Crippen molar-refractivity contribution in [2.24, 2.45) is 0 Å². The number of hydrogen-bond acceptors (Lipinski definition) is 4. The molecule has 11 heteroatoms. The maximum Gasteiger partial charge on any atom is 0.264 e. The summed E-state index contributed by atoms with van der Waals surface area (Å²) in [5.41, 5.74) is 1.61. The first-order valence-electron chi connectivity index (χ1n) is 14.5. The zero-order valence-corrected chi connectivity index (χ0v) is 29.2. The Bertz CT molecular complexity index is 1670. The Morgan fingerprint density at radius 3 is 2.04 bits per heavy atom. The van der Waals surface area contributed by atoms with E-state index in [1.807, 2.05) is 37.3 Å². The Labute approximate surface area is 288 Å². The van der Waals surface area contributed by atoms with Crippen molar-refractivity contribution in [1.82, 2.24) is 10.2 Å². The van der Waals surface area contributed by atoms with E-state index in [-0.39, 0.29) is 23.8 Å². The molecule has 236 valence electrons. The van der Waals surface area contributed by atoms with Crippen LogP contribution in [0.25, 0.3) is 0 Å². The topological polar surface area (TPSA) is 86.8 Å². The fraction of sp³-hybridized carbons (Fsp3) is 0.235. The number of sulfonamides is 1. The molecule has 1 N–H and O–H groups in total. The van der Waals surface area contributed by atoms with Gasteiger partial charge in [0.15, 0.2) is 0 Å². The zero-order valence-electron chi connectivity index (χ0n) is 24.7. The van der Waals surface area contributed by atoms with Crippen molar-refractivity contribution in [2.75, 3.05) is 17.4 Å². The number of nitrogens with zero attached hydrogens (tertiary/aromatic N) is 2. The van der Waals surface area contributed by atoms with Crippen molar-refractivity contribution < 1.29 is 18.0 Å². The molecule has 0 aromatic heterocycles. The van der Waals surface area contributed by atoms with Crippen LogP contribution in [0.3, 0.4) is 0 Å². The minimum Gasteiger partial charge on any atom is -0.354 e. The molecule has 0 fully saturated rings. The smallest absolute Gasteiger partial charge is 0.264 e. The molecule has 0 aliphatic carbocycles. The van der Waals surface area contributed by atoms with Crippen molar-refractivity contribution in [1.29, 1.82) is 0 Å². The van der Waals surface area contributed by atoms with E-state index in [4.69, 9.17) is 23.2 Å². The largest absolute Gasteiger partial charge is 0.354 e. The van der Waals surface area contributed by atoms with Crippen molar-refractivity contribution in [2.45, 2.75) is 43.7 Å². The summed E-state index contributed by atoms with van der Waals surface area (Å²) in [5.74, 6) is -0.939. The van der Waals surface area contributed by atoms with E-state index in [2.05, 4.69) is 27.9 Å². The van der Waals surface area contributed by atoms with Gasteiger partial charge in [-0.15, -0.1) is 0 Å². The number of rotatable bonds is 14. The average Bonchev–Trinajstić information content (AvgIpc) is 3.04. The monoisotopic (exact) mass is 777 g/mol. The molecule has 2 amide bonds. The summed E-state index contributed by atoms with van der Waals surface area (Å²) >= 11 is 15.3. The second-order valence-corrected chi connectivity index (χ2v) is 14.3. The van der Waals surface area contributed by atoms with Gasteiger partial charge in [0.05, 0.1) is 10.6 Å². The number of carbonyl (C=O) groups excluding carboxylic acids is 2. The van der Waals surface area contributed by atoms with E-state index >= 15 is 0 Å². The maximum absolute atomic E-state index is 14.5. The van der Waals surface area contributed by atoms with E-state index in [1.54, 1.807) is 60.7 Å². The molecule has 7 nitrogen and oxygen atoms in total. The number of hydrogen-bond donors (Lipinski definition) is 1. The van der Waals surface area contributed by atoms with Gasteiger partial charge < -0.3 is 10.2 Å². The molecule has 0 aliphatic rings. The van der Waals surface area contributed by atoms with Gasteiger partial charge in [0, 0.05) is 38.7 Å².